The lowest BCUT2D eigenvalue weighted by Gasteiger charge is -2.10. The van der Waals surface area contributed by atoms with Crippen LogP contribution in [-0.4, -0.2) is 5.11 Å². The number of aliphatic hydroxyl groups is 1. The number of aliphatic hydroxyl groups excluding tert-OH is 1. The highest BCUT2D eigenvalue weighted by atomic mass is 19.1. The lowest BCUT2D eigenvalue weighted by molar-refractivity contribution is 0.232. The van der Waals surface area contributed by atoms with Gasteiger partial charge in [-0.05, 0) is 30.3 Å². The number of halogens is 2. The molecule has 0 aliphatic carbocycles. The lowest BCUT2D eigenvalue weighted by Crippen LogP contribution is -1.98. The summed E-state index contributed by atoms with van der Waals surface area (Å²) in [5.74, 6) is 1.48. The summed E-state index contributed by atoms with van der Waals surface area (Å²) in [7, 11) is 0. The first-order valence-electron chi connectivity index (χ1n) is 5.47. The van der Waals surface area contributed by atoms with E-state index in [1.54, 1.807) is 6.07 Å². The summed E-state index contributed by atoms with van der Waals surface area (Å²) in [6, 6.07) is 9.31. The molecule has 0 spiro atoms. The molecule has 2 aromatic carbocycles. The van der Waals surface area contributed by atoms with Gasteiger partial charge in [0.25, 0.3) is 0 Å². The maximum Gasteiger partial charge on any atom is 0.142 e. The van der Waals surface area contributed by atoms with Crippen LogP contribution in [0.3, 0.4) is 0 Å². The molecule has 0 radical (unpaired) electrons. The van der Waals surface area contributed by atoms with E-state index >= 15 is 0 Å². The fourth-order valence-electron chi connectivity index (χ4n) is 1.55. The molecule has 0 fully saturated rings. The summed E-state index contributed by atoms with van der Waals surface area (Å²) in [5.41, 5.74) is -0.0589. The highest BCUT2D eigenvalue weighted by molar-refractivity contribution is 5.37. The molecular weight excluding hydrogens is 250 g/mol. The van der Waals surface area contributed by atoms with Crippen molar-refractivity contribution in [2.24, 2.45) is 0 Å². The van der Waals surface area contributed by atoms with Gasteiger partial charge in [0.2, 0.25) is 0 Å². The summed E-state index contributed by atoms with van der Waals surface area (Å²) in [4.78, 5) is 0. The van der Waals surface area contributed by atoms with Gasteiger partial charge in [-0.15, -0.1) is 6.42 Å². The summed E-state index contributed by atoms with van der Waals surface area (Å²) < 4.78 is 31.8. The standard InChI is InChI=1S/C15H10F2O2/c1-2-15(18)13-9-12(6-7-14(13)17)19-11-5-3-4-10(16)8-11/h1,3-9,15,18H. The van der Waals surface area contributed by atoms with Gasteiger partial charge in [0.15, 0.2) is 0 Å². The van der Waals surface area contributed by atoms with Crippen LogP contribution in [0.4, 0.5) is 8.78 Å². The lowest BCUT2D eigenvalue weighted by atomic mass is 10.1. The van der Waals surface area contributed by atoms with Crippen molar-refractivity contribution in [3.05, 3.63) is 59.7 Å². The monoisotopic (exact) mass is 260 g/mol. The van der Waals surface area contributed by atoms with Crippen molar-refractivity contribution in [1.29, 1.82) is 0 Å². The fraction of sp³-hybridized carbons (Fsp3) is 0.0667. The van der Waals surface area contributed by atoms with E-state index in [0.29, 0.717) is 0 Å². The molecule has 0 bridgehead atoms. The van der Waals surface area contributed by atoms with Crippen molar-refractivity contribution in [3.8, 4) is 23.8 Å². The number of terminal acetylenes is 1. The zero-order valence-electron chi connectivity index (χ0n) is 9.81. The first-order chi connectivity index (χ1) is 9.10. The minimum absolute atomic E-state index is 0.0589. The minimum atomic E-state index is -1.35. The van der Waals surface area contributed by atoms with Crippen LogP contribution in [0, 0.1) is 24.0 Å². The van der Waals surface area contributed by atoms with Crippen molar-refractivity contribution >= 4 is 0 Å². The Morgan fingerprint density at radius 1 is 1.11 bits per heavy atom. The molecule has 0 heterocycles. The molecule has 1 unspecified atom stereocenters. The molecule has 0 aliphatic rings. The van der Waals surface area contributed by atoms with Crippen LogP contribution in [0.1, 0.15) is 11.7 Å². The molecule has 0 saturated carbocycles. The molecule has 2 rings (SSSR count). The van der Waals surface area contributed by atoms with E-state index in [2.05, 4.69) is 0 Å². The van der Waals surface area contributed by atoms with Crippen LogP contribution >= 0.6 is 0 Å². The predicted molar refractivity (Wildman–Crippen MR) is 66.7 cm³/mol. The van der Waals surface area contributed by atoms with E-state index < -0.39 is 17.7 Å². The van der Waals surface area contributed by atoms with Crippen LogP contribution in [0.5, 0.6) is 11.5 Å². The van der Waals surface area contributed by atoms with Gasteiger partial charge in [-0.25, -0.2) is 8.78 Å². The SMILES string of the molecule is C#CC(O)c1cc(Oc2cccc(F)c2)ccc1F. The maximum atomic E-state index is 13.4. The number of benzene rings is 2. The Bertz CT molecular complexity index is 632. The van der Waals surface area contributed by atoms with Gasteiger partial charge in [-0.2, -0.15) is 0 Å². The second kappa shape index (κ2) is 5.51. The summed E-state index contributed by atoms with van der Waals surface area (Å²) in [6.07, 6.45) is 3.69. The molecule has 96 valence electrons. The normalized spacial score (nSPS) is 11.7. The average molecular weight is 260 g/mol. The third kappa shape index (κ3) is 3.09. The molecule has 0 amide bonds. The highest BCUT2D eigenvalue weighted by Crippen LogP contribution is 2.26. The topological polar surface area (TPSA) is 29.5 Å². The smallest absolute Gasteiger partial charge is 0.142 e. The van der Waals surface area contributed by atoms with E-state index in [9.17, 15) is 13.9 Å². The fourth-order valence-corrected chi connectivity index (χ4v) is 1.55. The van der Waals surface area contributed by atoms with Gasteiger partial charge in [-0.3, -0.25) is 0 Å². The minimum Gasteiger partial charge on any atom is -0.457 e. The summed E-state index contributed by atoms with van der Waals surface area (Å²) in [6.45, 7) is 0. The van der Waals surface area contributed by atoms with E-state index in [4.69, 9.17) is 11.2 Å². The van der Waals surface area contributed by atoms with Crippen LogP contribution in [0.25, 0.3) is 0 Å². The van der Waals surface area contributed by atoms with Gasteiger partial charge in [-0.1, -0.05) is 12.0 Å². The molecule has 0 aliphatic heterocycles. The van der Waals surface area contributed by atoms with Crippen molar-refractivity contribution in [2.75, 3.05) is 0 Å². The van der Waals surface area contributed by atoms with E-state index in [1.165, 1.54) is 30.3 Å². The second-order valence-electron chi connectivity index (χ2n) is 3.81. The molecule has 1 atom stereocenters. The molecule has 2 nitrogen and oxygen atoms in total. The molecule has 0 saturated heterocycles. The predicted octanol–water partition coefficient (Wildman–Crippen LogP) is 3.42. The van der Waals surface area contributed by atoms with E-state index in [-0.39, 0.29) is 17.1 Å². The number of rotatable bonds is 3. The Hall–Kier alpha value is -2.38. The number of ether oxygens (including phenoxy) is 1. The van der Waals surface area contributed by atoms with Crippen molar-refractivity contribution in [3.63, 3.8) is 0 Å². The average Bonchev–Trinajstić information content (AvgIpc) is 2.40. The molecule has 0 aromatic heterocycles. The van der Waals surface area contributed by atoms with Gasteiger partial charge in [0.1, 0.15) is 29.2 Å². The molecule has 1 N–H and O–H groups in total. The Balaban J connectivity index is 2.29. The summed E-state index contributed by atoms with van der Waals surface area (Å²) >= 11 is 0. The summed E-state index contributed by atoms with van der Waals surface area (Å²) in [5, 5.41) is 9.45. The third-order valence-electron chi connectivity index (χ3n) is 2.45. The van der Waals surface area contributed by atoms with Gasteiger partial charge in [0, 0.05) is 11.6 Å². The van der Waals surface area contributed by atoms with E-state index in [0.717, 1.165) is 6.07 Å². The molecular formula is C15H10F2O2. The van der Waals surface area contributed by atoms with Gasteiger partial charge in [0.05, 0.1) is 0 Å². The molecule has 2 aromatic rings. The van der Waals surface area contributed by atoms with Gasteiger partial charge < -0.3 is 9.84 Å². The van der Waals surface area contributed by atoms with Crippen molar-refractivity contribution in [1.82, 2.24) is 0 Å². The first-order valence-corrected chi connectivity index (χ1v) is 5.47. The van der Waals surface area contributed by atoms with E-state index in [1.807, 2.05) is 5.92 Å². The Morgan fingerprint density at radius 2 is 1.84 bits per heavy atom. The number of hydrogen-bond acceptors (Lipinski definition) is 2. The Morgan fingerprint density at radius 3 is 2.53 bits per heavy atom. The quantitative estimate of drug-likeness (QED) is 0.857. The van der Waals surface area contributed by atoms with Crippen molar-refractivity contribution < 1.29 is 18.6 Å². The third-order valence-corrected chi connectivity index (χ3v) is 2.45. The largest absolute Gasteiger partial charge is 0.457 e. The van der Waals surface area contributed by atoms with Crippen molar-refractivity contribution in [2.45, 2.75) is 6.10 Å². The maximum absolute atomic E-state index is 13.4. The van der Waals surface area contributed by atoms with Crippen LogP contribution in [-0.2, 0) is 0 Å². The van der Waals surface area contributed by atoms with Crippen LogP contribution in [0.15, 0.2) is 42.5 Å². The number of hydrogen-bond donors (Lipinski definition) is 1. The molecule has 4 heteroatoms. The highest BCUT2D eigenvalue weighted by Gasteiger charge is 2.12. The Labute approximate surface area is 109 Å². The molecule has 19 heavy (non-hydrogen) atoms. The zero-order chi connectivity index (χ0) is 13.8. The van der Waals surface area contributed by atoms with Crippen LogP contribution in [0.2, 0.25) is 0 Å². The van der Waals surface area contributed by atoms with Gasteiger partial charge >= 0.3 is 0 Å². The Kier molecular flexibility index (Phi) is 3.79. The van der Waals surface area contributed by atoms with Crippen LogP contribution < -0.4 is 4.74 Å². The first kappa shape index (κ1) is 13.1. The zero-order valence-corrected chi connectivity index (χ0v) is 9.81. The second-order valence-corrected chi connectivity index (χ2v) is 3.81.